The summed E-state index contributed by atoms with van der Waals surface area (Å²) in [6.07, 6.45) is 3.20. The molecule has 0 atom stereocenters. The molecule has 2 nitrogen and oxygen atoms in total. The molecule has 0 aliphatic carbocycles. The van der Waals surface area contributed by atoms with Crippen LogP contribution in [0.3, 0.4) is 0 Å². The van der Waals surface area contributed by atoms with E-state index in [0.29, 0.717) is 16.3 Å². The average Bonchev–Trinajstić information content (AvgIpc) is 3.02. The van der Waals surface area contributed by atoms with Gasteiger partial charge in [0, 0.05) is 16.1 Å². The molecule has 114 valence electrons. The van der Waals surface area contributed by atoms with Crippen LogP contribution in [-0.4, -0.2) is 5.78 Å². The van der Waals surface area contributed by atoms with Gasteiger partial charge >= 0.3 is 0 Å². The first-order valence-electron chi connectivity index (χ1n) is 7.27. The molecule has 23 heavy (non-hydrogen) atoms. The van der Waals surface area contributed by atoms with Crippen LogP contribution in [0.4, 0.5) is 0 Å². The van der Waals surface area contributed by atoms with E-state index in [0.717, 1.165) is 16.9 Å². The molecule has 0 radical (unpaired) electrons. The molecule has 2 aromatic carbocycles. The maximum Gasteiger partial charge on any atom is 0.185 e. The number of aryl methyl sites for hydroxylation is 1. The predicted octanol–water partition coefficient (Wildman–Crippen LogP) is 5.80. The summed E-state index contributed by atoms with van der Waals surface area (Å²) in [5.74, 6) is 1.29. The Hall–Kier alpha value is -2.58. The van der Waals surface area contributed by atoms with Crippen LogP contribution in [0.5, 0.6) is 0 Å². The first-order valence-corrected chi connectivity index (χ1v) is 7.64. The third-order valence-electron chi connectivity index (χ3n) is 3.47. The van der Waals surface area contributed by atoms with Gasteiger partial charge in [-0.1, -0.05) is 53.6 Å². The van der Waals surface area contributed by atoms with Gasteiger partial charge in [0.05, 0.1) is 0 Å². The zero-order chi connectivity index (χ0) is 16.2. The van der Waals surface area contributed by atoms with Gasteiger partial charge < -0.3 is 4.42 Å². The monoisotopic (exact) mass is 322 g/mol. The summed E-state index contributed by atoms with van der Waals surface area (Å²) in [5, 5.41) is 0.658. The van der Waals surface area contributed by atoms with Crippen LogP contribution < -0.4 is 0 Å². The molecule has 0 amide bonds. The average molecular weight is 323 g/mol. The number of rotatable bonds is 4. The number of benzene rings is 2. The first kappa shape index (κ1) is 15.3. The van der Waals surface area contributed by atoms with Crippen molar-refractivity contribution in [1.82, 2.24) is 0 Å². The fourth-order valence-electron chi connectivity index (χ4n) is 2.21. The highest BCUT2D eigenvalue weighted by atomic mass is 35.5. The van der Waals surface area contributed by atoms with Gasteiger partial charge in [0.1, 0.15) is 11.5 Å². The summed E-state index contributed by atoms with van der Waals surface area (Å²) in [6, 6.07) is 18.6. The molecule has 1 aromatic heterocycles. The van der Waals surface area contributed by atoms with Crippen LogP contribution in [0.1, 0.15) is 21.7 Å². The fourth-order valence-corrected chi connectivity index (χ4v) is 2.40. The molecule has 0 bridgehead atoms. The molecule has 0 aliphatic rings. The van der Waals surface area contributed by atoms with Crippen molar-refractivity contribution >= 4 is 23.5 Å². The lowest BCUT2D eigenvalue weighted by atomic mass is 10.1. The number of hydrogen-bond donors (Lipinski definition) is 0. The normalized spacial score (nSPS) is 11.0. The minimum absolute atomic E-state index is 0.0503. The van der Waals surface area contributed by atoms with Gasteiger partial charge in [-0.2, -0.15) is 0 Å². The molecule has 0 fully saturated rings. The summed E-state index contributed by atoms with van der Waals surface area (Å²) >= 11 is 5.98. The van der Waals surface area contributed by atoms with E-state index in [4.69, 9.17) is 16.0 Å². The maximum atomic E-state index is 12.1. The smallest absolute Gasteiger partial charge is 0.185 e. The van der Waals surface area contributed by atoms with Crippen molar-refractivity contribution in [1.29, 1.82) is 0 Å². The summed E-state index contributed by atoms with van der Waals surface area (Å²) in [4.78, 5) is 12.1. The van der Waals surface area contributed by atoms with E-state index >= 15 is 0 Å². The second kappa shape index (κ2) is 6.67. The Labute approximate surface area is 140 Å². The van der Waals surface area contributed by atoms with Crippen LogP contribution in [0.15, 0.2) is 71.2 Å². The van der Waals surface area contributed by atoms with E-state index in [9.17, 15) is 4.79 Å². The minimum atomic E-state index is -0.0503. The van der Waals surface area contributed by atoms with Gasteiger partial charge in [0.15, 0.2) is 5.78 Å². The Morgan fingerprint density at radius 3 is 2.57 bits per heavy atom. The topological polar surface area (TPSA) is 30.2 Å². The molecular weight excluding hydrogens is 308 g/mol. The highest BCUT2D eigenvalue weighted by molar-refractivity contribution is 6.30. The molecule has 0 saturated heterocycles. The highest BCUT2D eigenvalue weighted by Crippen LogP contribution is 2.25. The Balaban J connectivity index is 1.76. The predicted molar refractivity (Wildman–Crippen MR) is 93.7 cm³/mol. The summed E-state index contributed by atoms with van der Waals surface area (Å²) < 4.78 is 5.73. The lowest BCUT2D eigenvalue weighted by Crippen LogP contribution is -1.93. The van der Waals surface area contributed by atoms with Crippen molar-refractivity contribution in [2.75, 3.05) is 0 Å². The van der Waals surface area contributed by atoms with E-state index in [-0.39, 0.29) is 5.78 Å². The van der Waals surface area contributed by atoms with Gasteiger partial charge in [-0.15, -0.1) is 0 Å². The third kappa shape index (κ3) is 3.79. The standard InChI is InChI=1S/C20H15ClO2/c1-14-5-7-15(8-6-14)19(22)11-9-18-10-12-20(23-18)16-3-2-4-17(21)13-16/h2-13H,1H3. The molecule has 3 rings (SSSR count). The van der Waals surface area contributed by atoms with Gasteiger partial charge in [0.25, 0.3) is 0 Å². The largest absolute Gasteiger partial charge is 0.457 e. The fraction of sp³-hybridized carbons (Fsp3) is 0.0500. The Kier molecular flexibility index (Phi) is 4.45. The van der Waals surface area contributed by atoms with Crippen molar-refractivity contribution in [3.63, 3.8) is 0 Å². The molecule has 0 spiro atoms. The number of carbonyl (C=O) groups excluding carboxylic acids is 1. The number of hydrogen-bond acceptors (Lipinski definition) is 2. The van der Waals surface area contributed by atoms with Gasteiger partial charge in [0.2, 0.25) is 0 Å². The van der Waals surface area contributed by atoms with Gasteiger partial charge in [-0.3, -0.25) is 4.79 Å². The summed E-state index contributed by atoms with van der Waals surface area (Å²) in [5.41, 5.74) is 2.69. The van der Waals surface area contributed by atoms with Crippen LogP contribution in [0.25, 0.3) is 17.4 Å². The van der Waals surface area contributed by atoms with E-state index < -0.39 is 0 Å². The van der Waals surface area contributed by atoms with E-state index in [1.807, 2.05) is 67.6 Å². The number of furan rings is 1. The summed E-state index contributed by atoms with van der Waals surface area (Å²) in [7, 11) is 0. The second-order valence-corrected chi connectivity index (χ2v) is 5.71. The maximum absolute atomic E-state index is 12.1. The van der Waals surface area contributed by atoms with Crippen molar-refractivity contribution in [3.8, 4) is 11.3 Å². The molecular formula is C20H15ClO2. The number of carbonyl (C=O) groups is 1. The number of ketones is 1. The Morgan fingerprint density at radius 1 is 1.04 bits per heavy atom. The second-order valence-electron chi connectivity index (χ2n) is 5.28. The zero-order valence-electron chi connectivity index (χ0n) is 12.6. The molecule has 3 aromatic rings. The third-order valence-corrected chi connectivity index (χ3v) is 3.71. The van der Waals surface area contributed by atoms with E-state index in [2.05, 4.69) is 0 Å². The molecule has 0 unspecified atom stereocenters. The van der Waals surface area contributed by atoms with E-state index in [1.54, 1.807) is 6.08 Å². The highest BCUT2D eigenvalue weighted by Gasteiger charge is 2.05. The minimum Gasteiger partial charge on any atom is -0.457 e. The first-order chi connectivity index (χ1) is 11.1. The van der Waals surface area contributed by atoms with Crippen molar-refractivity contribution in [3.05, 3.63) is 88.6 Å². The number of halogens is 1. The molecule has 1 heterocycles. The van der Waals surface area contributed by atoms with Crippen LogP contribution in [0, 0.1) is 6.92 Å². The van der Waals surface area contributed by atoms with Crippen LogP contribution >= 0.6 is 11.6 Å². The van der Waals surface area contributed by atoms with Crippen LogP contribution in [0.2, 0.25) is 5.02 Å². The lowest BCUT2D eigenvalue weighted by molar-refractivity contribution is 0.104. The number of allylic oxidation sites excluding steroid dienone is 1. The lowest BCUT2D eigenvalue weighted by Gasteiger charge is -1.97. The van der Waals surface area contributed by atoms with Gasteiger partial charge in [-0.25, -0.2) is 0 Å². The van der Waals surface area contributed by atoms with Crippen molar-refractivity contribution in [2.45, 2.75) is 6.92 Å². The molecule has 3 heteroatoms. The van der Waals surface area contributed by atoms with Crippen LogP contribution in [-0.2, 0) is 0 Å². The van der Waals surface area contributed by atoms with Gasteiger partial charge in [-0.05, 0) is 43.3 Å². The Morgan fingerprint density at radius 2 is 1.83 bits per heavy atom. The Bertz CT molecular complexity index is 857. The SMILES string of the molecule is Cc1ccc(C(=O)C=Cc2ccc(-c3cccc(Cl)c3)o2)cc1. The van der Waals surface area contributed by atoms with E-state index in [1.165, 1.54) is 6.08 Å². The quantitative estimate of drug-likeness (QED) is 0.448. The van der Waals surface area contributed by atoms with Crippen molar-refractivity contribution in [2.24, 2.45) is 0 Å². The molecule has 0 aliphatic heterocycles. The summed E-state index contributed by atoms with van der Waals surface area (Å²) in [6.45, 7) is 1.99. The molecule has 0 saturated carbocycles. The molecule has 0 N–H and O–H groups in total. The van der Waals surface area contributed by atoms with Crippen molar-refractivity contribution < 1.29 is 9.21 Å². The zero-order valence-corrected chi connectivity index (χ0v) is 13.4.